The molecule has 10 heteroatoms. The fraction of sp³-hybridized carbons (Fsp3) is 0.143. The molecule has 3 rings (SSSR count). The monoisotopic (exact) mass is 372 g/mol. The topological polar surface area (TPSA) is 127 Å². The lowest BCUT2D eigenvalue weighted by atomic mass is 9.94. The van der Waals surface area contributed by atoms with Crippen LogP contribution in [-0.2, 0) is 35.3 Å². The molecule has 0 aliphatic heterocycles. The smallest absolute Gasteiger partial charge is 0.235 e. The summed E-state index contributed by atoms with van der Waals surface area (Å²) in [5, 5.41) is 17.2. The minimum atomic E-state index is -4.26. The van der Waals surface area contributed by atoms with Crippen LogP contribution in [0.25, 0.3) is 16.8 Å². The Bertz CT molecular complexity index is 1040. The van der Waals surface area contributed by atoms with E-state index in [1.165, 1.54) is 18.2 Å². The second-order valence-electron chi connectivity index (χ2n) is 5.26. The summed E-state index contributed by atoms with van der Waals surface area (Å²) in [6.45, 7) is 0. The first-order valence-corrected chi connectivity index (χ1v) is 9.54. The van der Waals surface area contributed by atoms with Gasteiger partial charge in [0, 0.05) is 0 Å². The van der Waals surface area contributed by atoms with Gasteiger partial charge in [-0.2, -0.15) is 16.8 Å². The van der Waals surface area contributed by atoms with E-state index in [2.05, 4.69) is 8.67 Å². The summed E-state index contributed by atoms with van der Waals surface area (Å²) in [5.74, 6) is 0. The Morgan fingerprint density at radius 2 is 1.71 bits per heavy atom. The van der Waals surface area contributed by atoms with E-state index in [-0.39, 0.29) is 11.3 Å². The number of hydrogen-bond acceptors (Lipinski definition) is 8. The minimum Gasteiger partial charge on any atom is -0.235 e. The standard InChI is InChI=1S/C14H12O8S2/c15-21-23(17,18)13-3-1-9-5-10-2-4-14(24(19,20)22-16)8-12(10)6-11(9)7-13/h1-7,14-16H,8H2. The SMILES string of the molecule is O=S(=O)(OO)c1ccc2cc3c(cc2c1)CC(S(=O)(=O)OO)C=C3. The van der Waals surface area contributed by atoms with Crippen molar-refractivity contribution >= 4 is 37.1 Å². The van der Waals surface area contributed by atoms with Crippen molar-refractivity contribution in [2.45, 2.75) is 16.6 Å². The van der Waals surface area contributed by atoms with Crippen molar-refractivity contribution in [2.75, 3.05) is 0 Å². The first-order valence-electron chi connectivity index (χ1n) is 6.66. The maximum absolute atomic E-state index is 11.6. The molecule has 0 saturated carbocycles. The molecular weight excluding hydrogens is 360 g/mol. The average Bonchev–Trinajstić information content (AvgIpc) is 2.58. The van der Waals surface area contributed by atoms with Crippen molar-refractivity contribution in [3.63, 3.8) is 0 Å². The molecule has 0 spiro atoms. The van der Waals surface area contributed by atoms with Crippen LogP contribution >= 0.6 is 0 Å². The summed E-state index contributed by atoms with van der Waals surface area (Å²) in [5.41, 5.74) is 1.43. The lowest BCUT2D eigenvalue weighted by Gasteiger charge is -2.18. The van der Waals surface area contributed by atoms with E-state index in [0.29, 0.717) is 10.9 Å². The van der Waals surface area contributed by atoms with Crippen molar-refractivity contribution in [3.05, 3.63) is 47.5 Å². The van der Waals surface area contributed by atoms with Gasteiger partial charge in [0.1, 0.15) is 5.25 Å². The minimum absolute atomic E-state index is 0.0676. The van der Waals surface area contributed by atoms with Crippen LogP contribution in [0.4, 0.5) is 0 Å². The highest BCUT2D eigenvalue weighted by Gasteiger charge is 2.28. The van der Waals surface area contributed by atoms with Crippen molar-refractivity contribution in [2.24, 2.45) is 0 Å². The molecule has 0 amide bonds. The third-order valence-electron chi connectivity index (χ3n) is 3.84. The van der Waals surface area contributed by atoms with Crippen LogP contribution in [0.3, 0.4) is 0 Å². The van der Waals surface area contributed by atoms with E-state index in [9.17, 15) is 16.8 Å². The molecule has 0 radical (unpaired) electrons. The van der Waals surface area contributed by atoms with Crippen molar-refractivity contribution < 1.29 is 36.0 Å². The normalized spacial score (nSPS) is 17.8. The maximum atomic E-state index is 11.6. The number of benzene rings is 2. The molecule has 1 aliphatic carbocycles. The summed E-state index contributed by atoms with van der Waals surface area (Å²) in [6.07, 6.45) is 3.08. The van der Waals surface area contributed by atoms with Crippen LogP contribution in [0.15, 0.2) is 41.3 Å². The van der Waals surface area contributed by atoms with E-state index in [4.69, 9.17) is 10.5 Å². The van der Waals surface area contributed by atoms with Crippen molar-refractivity contribution in [1.29, 1.82) is 0 Å². The van der Waals surface area contributed by atoms with E-state index in [1.807, 2.05) is 0 Å². The Morgan fingerprint density at radius 3 is 2.38 bits per heavy atom. The highest BCUT2D eigenvalue weighted by molar-refractivity contribution is 7.87. The zero-order chi connectivity index (χ0) is 17.5. The second-order valence-corrected chi connectivity index (χ2v) is 8.53. The fourth-order valence-electron chi connectivity index (χ4n) is 2.62. The molecule has 1 unspecified atom stereocenters. The fourth-order valence-corrected chi connectivity index (χ4v) is 3.98. The van der Waals surface area contributed by atoms with Crippen LogP contribution in [0.1, 0.15) is 11.1 Å². The predicted octanol–water partition coefficient (Wildman–Crippen LogP) is 1.78. The first kappa shape index (κ1) is 17.0. The summed E-state index contributed by atoms with van der Waals surface area (Å²) >= 11 is 0. The van der Waals surface area contributed by atoms with E-state index in [0.717, 1.165) is 10.9 Å². The summed E-state index contributed by atoms with van der Waals surface area (Å²) in [6, 6.07) is 7.57. The van der Waals surface area contributed by atoms with Gasteiger partial charge in [-0.05, 0) is 46.5 Å². The van der Waals surface area contributed by atoms with Gasteiger partial charge in [-0.3, -0.25) is 0 Å². The van der Waals surface area contributed by atoms with Crippen LogP contribution < -0.4 is 0 Å². The number of hydrogen-bond donors (Lipinski definition) is 2. The van der Waals surface area contributed by atoms with Gasteiger partial charge in [-0.25, -0.2) is 10.5 Å². The van der Waals surface area contributed by atoms with Crippen LogP contribution in [0.5, 0.6) is 0 Å². The maximum Gasteiger partial charge on any atom is 0.323 e. The zero-order valence-corrected chi connectivity index (χ0v) is 13.6. The molecule has 128 valence electrons. The lowest BCUT2D eigenvalue weighted by Crippen LogP contribution is -2.25. The Morgan fingerprint density at radius 1 is 0.958 bits per heavy atom. The quantitative estimate of drug-likeness (QED) is 0.614. The van der Waals surface area contributed by atoms with Gasteiger partial charge >= 0.3 is 10.1 Å². The van der Waals surface area contributed by atoms with Gasteiger partial charge in [0.25, 0.3) is 10.1 Å². The molecule has 0 saturated heterocycles. The Labute approximate surface area is 137 Å². The summed E-state index contributed by atoms with van der Waals surface area (Å²) < 4.78 is 53.4. The highest BCUT2D eigenvalue weighted by atomic mass is 32.2. The highest BCUT2D eigenvalue weighted by Crippen LogP contribution is 2.29. The third-order valence-corrected chi connectivity index (χ3v) is 6.14. The van der Waals surface area contributed by atoms with E-state index in [1.54, 1.807) is 24.3 Å². The van der Waals surface area contributed by atoms with Gasteiger partial charge in [0.2, 0.25) is 0 Å². The van der Waals surface area contributed by atoms with E-state index < -0.39 is 25.5 Å². The molecule has 1 atom stereocenters. The molecule has 24 heavy (non-hydrogen) atoms. The molecule has 8 nitrogen and oxygen atoms in total. The largest absolute Gasteiger partial charge is 0.323 e. The van der Waals surface area contributed by atoms with Crippen molar-refractivity contribution in [1.82, 2.24) is 0 Å². The second kappa shape index (κ2) is 5.92. The zero-order valence-electron chi connectivity index (χ0n) is 12.0. The van der Waals surface area contributed by atoms with Gasteiger partial charge in [0.15, 0.2) is 0 Å². The van der Waals surface area contributed by atoms with Gasteiger partial charge in [0.05, 0.1) is 4.90 Å². The molecule has 0 heterocycles. The molecule has 1 aliphatic rings. The van der Waals surface area contributed by atoms with Crippen LogP contribution in [0.2, 0.25) is 0 Å². The third kappa shape index (κ3) is 2.95. The van der Waals surface area contributed by atoms with Crippen molar-refractivity contribution in [3.8, 4) is 0 Å². The molecular formula is C14H12O8S2. The van der Waals surface area contributed by atoms with Gasteiger partial charge < -0.3 is 0 Å². The van der Waals surface area contributed by atoms with Gasteiger partial charge in [-0.15, -0.1) is 8.67 Å². The average molecular weight is 372 g/mol. The molecule has 0 bridgehead atoms. The number of rotatable bonds is 4. The molecule has 2 aromatic rings. The lowest BCUT2D eigenvalue weighted by molar-refractivity contribution is -0.131. The first-order chi connectivity index (χ1) is 11.3. The molecule has 2 aromatic carbocycles. The Kier molecular flexibility index (Phi) is 4.20. The predicted molar refractivity (Wildman–Crippen MR) is 84.0 cm³/mol. The molecule has 0 aromatic heterocycles. The summed E-state index contributed by atoms with van der Waals surface area (Å²) in [7, 11) is -8.39. The van der Waals surface area contributed by atoms with Gasteiger partial charge in [-0.1, -0.05) is 24.3 Å². The molecule has 0 fully saturated rings. The van der Waals surface area contributed by atoms with Crippen LogP contribution in [0, 0.1) is 0 Å². The molecule has 2 N–H and O–H groups in total. The van der Waals surface area contributed by atoms with E-state index >= 15 is 0 Å². The van der Waals surface area contributed by atoms with Crippen LogP contribution in [-0.4, -0.2) is 32.6 Å². The number of fused-ring (bicyclic) bond motifs is 2. The Hall–Kier alpha value is -1.82. The Balaban J connectivity index is 2.10. The summed E-state index contributed by atoms with van der Waals surface area (Å²) in [4.78, 5) is -0.230.